The number of pyridine rings is 1. The van der Waals surface area contributed by atoms with Crippen molar-refractivity contribution in [3.05, 3.63) is 24.0 Å². The molecule has 1 aromatic heterocycles. The molecule has 1 atom stereocenters. The molecule has 2 rings (SSSR count). The fourth-order valence-corrected chi connectivity index (χ4v) is 3.60. The summed E-state index contributed by atoms with van der Waals surface area (Å²) >= 11 is 0. The lowest BCUT2D eigenvalue weighted by molar-refractivity contribution is 0.0435. The highest BCUT2D eigenvalue weighted by atomic mass is 15.3. The number of hydrogen-bond acceptors (Lipinski definition) is 5. The molecule has 1 fully saturated rings. The molecule has 0 bridgehead atoms. The molecular weight excluding hydrogens is 262 g/mol. The second-order valence-corrected chi connectivity index (χ2v) is 6.68. The number of likely N-dealkylation sites (N-methyl/N-ethyl adjacent to an activating group) is 1. The second-order valence-electron chi connectivity index (χ2n) is 6.68. The third kappa shape index (κ3) is 3.36. The van der Waals surface area contributed by atoms with Crippen molar-refractivity contribution in [1.29, 1.82) is 0 Å². The van der Waals surface area contributed by atoms with Gasteiger partial charge >= 0.3 is 0 Å². The van der Waals surface area contributed by atoms with Crippen molar-refractivity contribution >= 4 is 5.69 Å². The van der Waals surface area contributed by atoms with Crippen molar-refractivity contribution in [1.82, 2.24) is 15.3 Å². The summed E-state index contributed by atoms with van der Waals surface area (Å²) in [5, 5.41) is 0. The Morgan fingerprint density at radius 2 is 2.10 bits per heavy atom. The SMILES string of the molecule is CC1CCC(C(Cc2cnccc2N)NN)(N(C)C)CC1. The van der Waals surface area contributed by atoms with Gasteiger partial charge in [0.2, 0.25) is 0 Å². The number of nitrogens with zero attached hydrogens (tertiary/aromatic N) is 2. The number of hydrogen-bond donors (Lipinski definition) is 3. The monoisotopic (exact) mass is 291 g/mol. The number of nitrogens with one attached hydrogen (secondary N) is 1. The standard InChI is InChI=1S/C16H29N5/c1-12-4-7-16(8-5-12,21(2)3)15(20-18)10-13-11-19-9-6-14(13)17/h6,9,11-12,15,20H,4-5,7-8,10,18H2,1-3H3,(H2,17,19). The molecule has 5 N–H and O–H groups in total. The van der Waals surface area contributed by atoms with Crippen LogP contribution in [0.2, 0.25) is 0 Å². The van der Waals surface area contributed by atoms with Crippen molar-refractivity contribution in [2.45, 2.75) is 50.6 Å². The Kier molecular flexibility index (Phi) is 5.19. The highest BCUT2D eigenvalue weighted by Gasteiger charge is 2.42. The van der Waals surface area contributed by atoms with Gasteiger partial charge in [0.15, 0.2) is 0 Å². The molecule has 0 radical (unpaired) electrons. The molecule has 0 aliphatic heterocycles. The van der Waals surface area contributed by atoms with Crippen LogP contribution in [0.4, 0.5) is 5.69 Å². The quantitative estimate of drug-likeness (QED) is 0.566. The number of nitrogens with two attached hydrogens (primary N) is 2. The summed E-state index contributed by atoms with van der Waals surface area (Å²) in [7, 11) is 4.32. The first-order valence-corrected chi connectivity index (χ1v) is 7.81. The Bertz CT molecular complexity index is 452. The molecule has 1 unspecified atom stereocenters. The van der Waals surface area contributed by atoms with E-state index in [-0.39, 0.29) is 11.6 Å². The lowest BCUT2D eigenvalue weighted by Gasteiger charge is -2.49. The zero-order valence-electron chi connectivity index (χ0n) is 13.5. The van der Waals surface area contributed by atoms with Crippen LogP contribution in [0.5, 0.6) is 0 Å². The van der Waals surface area contributed by atoms with Crippen molar-refractivity contribution in [2.24, 2.45) is 11.8 Å². The van der Waals surface area contributed by atoms with E-state index < -0.39 is 0 Å². The highest BCUT2D eigenvalue weighted by Crippen LogP contribution is 2.38. The normalized spacial score (nSPS) is 27.8. The van der Waals surface area contributed by atoms with Gasteiger partial charge in [-0.05, 0) is 63.7 Å². The lowest BCUT2D eigenvalue weighted by atomic mass is 9.71. The van der Waals surface area contributed by atoms with Gasteiger partial charge in [0.25, 0.3) is 0 Å². The Labute approximate surface area is 128 Å². The van der Waals surface area contributed by atoms with Crippen LogP contribution < -0.4 is 17.0 Å². The molecule has 0 saturated heterocycles. The van der Waals surface area contributed by atoms with Crippen LogP contribution in [-0.4, -0.2) is 35.6 Å². The van der Waals surface area contributed by atoms with Crippen molar-refractivity contribution < 1.29 is 0 Å². The Hall–Kier alpha value is -1.17. The lowest BCUT2D eigenvalue weighted by Crippen LogP contribution is -2.62. The first-order valence-electron chi connectivity index (χ1n) is 7.81. The van der Waals surface area contributed by atoms with Crippen LogP contribution in [0.25, 0.3) is 0 Å². The first-order chi connectivity index (χ1) is 9.99. The fourth-order valence-electron chi connectivity index (χ4n) is 3.60. The van der Waals surface area contributed by atoms with E-state index in [9.17, 15) is 0 Å². The second kappa shape index (κ2) is 6.73. The molecular formula is C16H29N5. The zero-order valence-corrected chi connectivity index (χ0v) is 13.5. The average molecular weight is 291 g/mol. The maximum atomic E-state index is 6.07. The van der Waals surface area contributed by atoms with E-state index in [0.29, 0.717) is 0 Å². The van der Waals surface area contributed by atoms with Crippen LogP contribution in [0.15, 0.2) is 18.5 Å². The molecule has 5 heteroatoms. The van der Waals surface area contributed by atoms with Crippen LogP contribution in [0.3, 0.4) is 0 Å². The van der Waals surface area contributed by atoms with Crippen molar-refractivity contribution in [3.8, 4) is 0 Å². The van der Waals surface area contributed by atoms with Crippen molar-refractivity contribution in [3.63, 3.8) is 0 Å². The third-order valence-electron chi connectivity index (χ3n) is 5.25. The Morgan fingerprint density at radius 3 is 2.62 bits per heavy atom. The molecule has 0 spiro atoms. The molecule has 21 heavy (non-hydrogen) atoms. The van der Waals surface area contributed by atoms with E-state index in [1.807, 2.05) is 12.3 Å². The van der Waals surface area contributed by atoms with Crippen LogP contribution in [0.1, 0.15) is 38.2 Å². The van der Waals surface area contributed by atoms with Crippen molar-refractivity contribution in [2.75, 3.05) is 19.8 Å². The van der Waals surface area contributed by atoms with E-state index in [0.717, 1.165) is 36.4 Å². The van der Waals surface area contributed by atoms with Gasteiger partial charge in [0.05, 0.1) is 0 Å². The van der Waals surface area contributed by atoms with Gasteiger partial charge in [-0.3, -0.25) is 16.3 Å². The largest absolute Gasteiger partial charge is 0.398 e. The van der Waals surface area contributed by atoms with Gasteiger partial charge in [0, 0.05) is 29.7 Å². The molecule has 5 nitrogen and oxygen atoms in total. The number of rotatable bonds is 5. The van der Waals surface area contributed by atoms with Gasteiger partial charge in [-0.15, -0.1) is 0 Å². The molecule has 0 amide bonds. The molecule has 1 aromatic rings. The topological polar surface area (TPSA) is 80.2 Å². The van der Waals surface area contributed by atoms with E-state index in [4.69, 9.17) is 11.6 Å². The summed E-state index contributed by atoms with van der Waals surface area (Å²) in [4.78, 5) is 6.54. The molecule has 118 valence electrons. The van der Waals surface area contributed by atoms with Crippen LogP contribution in [0, 0.1) is 5.92 Å². The predicted molar refractivity (Wildman–Crippen MR) is 87.5 cm³/mol. The molecule has 1 aliphatic carbocycles. The van der Waals surface area contributed by atoms with Gasteiger partial charge in [-0.1, -0.05) is 6.92 Å². The number of hydrazine groups is 1. The van der Waals surface area contributed by atoms with E-state index in [1.54, 1.807) is 6.20 Å². The maximum absolute atomic E-state index is 6.07. The summed E-state index contributed by atoms with van der Waals surface area (Å²) in [6.45, 7) is 2.34. The minimum absolute atomic E-state index is 0.0868. The van der Waals surface area contributed by atoms with E-state index >= 15 is 0 Å². The smallest absolute Gasteiger partial charge is 0.0436 e. The predicted octanol–water partition coefficient (Wildman–Crippen LogP) is 1.55. The highest BCUT2D eigenvalue weighted by molar-refractivity contribution is 5.45. The summed E-state index contributed by atoms with van der Waals surface area (Å²) in [5.41, 5.74) is 11.1. The number of aromatic nitrogens is 1. The summed E-state index contributed by atoms with van der Waals surface area (Å²) in [6.07, 6.45) is 9.22. The molecule has 1 heterocycles. The Balaban J connectivity index is 2.23. The van der Waals surface area contributed by atoms with Crippen LogP contribution >= 0.6 is 0 Å². The van der Waals surface area contributed by atoms with Gasteiger partial charge in [0.1, 0.15) is 0 Å². The minimum atomic E-state index is 0.0868. The Morgan fingerprint density at radius 1 is 1.43 bits per heavy atom. The molecule has 0 aromatic carbocycles. The summed E-state index contributed by atoms with van der Waals surface area (Å²) < 4.78 is 0. The van der Waals surface area contributed by atoms with Crippen LogP contribution in [-0.2, 0) is 6.42 Å². The fraction of sp³-hybridized carbons (Fsp3) is 0.688. The van der Waals surface area contributed by atoms with Gasteiger partial charge in [-0.25, -0.2) is 0 Å². The van der Waals surface area contributed by atoms with Gasteiger partial charge < -0.3 is 10.6 Å². The molecule has 1 saturated carbocycles. The maximum Gasteiger partial charge on any atom is 0.0436 e. The van der Waals surface area contributed by atoms with E-state index in [2.05, 4.69) is 36.3 Å². The van der Waals surface area contributed by atoms with Gasteiger partial charge in [-0.2, -0.15) is 0 Å². The average Bonchev–Trinajstić information content (AvgIpc) is 2.47. The zero-order chi connectivity index (χ0) is 15.5. The number of anilines is 1. The molecule has 1 aliphatic rings. The first kappa shape index (κ1) is 16.2. The summed E-state index contributed by atoms with van der Waals surface area (Å²) in [6, 6.07) is 2.03. The van der Waals surface area contributed by atoms with E-state index in [1.165, 1.54) is 12.8 Å². The summed E-state index contributed by atoms with van der Waals surface area (Å²) in [5.74, 6) is 6.73. The minimum Gasteiger partial charge on any atom is -0.398 e. The number of nitrogen functional groups attached to an aromatic ring is 1. The third-order valence-corrected chi connectivity index (χ3v) is 5.25.